The van der Waals surface area contributed by atoms with Crippen molar-refractivity contribution in [1.29, 1.82) is 0 Å². The van der Waals surface area contributed by atoms with Gasteiger partial charge in [0.2, 0.25) is 0 Å². The molecular formula is C27H29N5O4. The SMILES string of the molecule is CNC(=O)N1N=C(c2ccc(C(=O)Nc3ccncc3C)cc2)c2cc(OC)c(OC)cc2CC1C. The highest BCUT2D eigenvalue weighted by molar-refractivity contribution is 6.15. The topological polar surface area (TPSA) is 105 Å². The van der Waals surface area contributed by atoms with E-state index in [1.54, 1.807) is 51.9 Å². The van der Waals surface area contributed by atoms with Crippen molar-refractivity contribution in [3.05, 3.63) is 82.7 Å². The number of nitrogens with one attached hydrogen (secondary N) is 2. The average molecular weight is 488 g/mol. The molecule has 0 radical (unpaired) electrons. The van der Waals surface area contributed by atoms with Crippen LogP contribution in [0.15, 0.2) is 60.0 Å². The van der Waals surface area contributed by atoms with Crippen LogP contribution in [0.1, 0.15) is 39.5 Å². The molecule has 3 amide bonds. The van der Waals surface area contributed by atoms with Crippen LogP contribution >= 0.6 is 0 Å². The maximum absolute atomic E-state index is 12.8. The number of pyridine rings is 1. The van der Waals surface area contributed by atoms with E-state index in [4.69, 9.17) is 14.6 Å². The first-order valence-electron chi connectivity index (χ1n) is 11.5. The first-order valence-corrected chi connectivity index (χ1v) is 11.5. The molecule has 186 valence electrons. The molecule has 0 saturated carbocycles. The second kappa shape index (κ2) is 10.5. The van der Waals surface area contributed by atoms with E-state index in [1.807, 2.05) is 38.1 Å². The van der Waals surface area contributed by atoms with Gasteiger partial charge in [0.1, 0.15) is 0 Å². The zero-order chi connectivity index (χ0) is 25.8. The van der Waals surface area contributed by atoms with Gasteiger partial charge in [0.15, 0.2) is 11.5 Å². The van der Waals surface area contributed by atoms with E-state index in [1.165, 1.54) is 5.01 Å². The Morgan fingerprint density at radius 3 is 2.39 bits per heavy atom. The van der Waals surface area contributed by atoms with Crippen LogP contribution in [-0.2, 0) is 6.42 Å². The number of aromatic nitrogens is 1. The van der Waals surface area contributed by atoms with Crippen molar-refractivity contribution in [1.82, 2.24) is 15.3 Å². The lowest BCUT2D eigenvalue weighted by Crippen LogP contribution is -2.41. The van der Waals surface area contributed by atoms with Gasteiger partial charge in [0, 0.05) is 41.8 Å². The Morgan fingerprint density at radius 2 is 1.75 bits per heavy atom. The van der Waals surface area contributed by atoms with Crippen molar-refractivity contribution >= 4 is 23.3 Å². The number of ether oxygens (including phenoxy) is 2. The minimum Gasteiger partial charge on any atom is -0.493 e. The number of urea groups is 1. The molecule has 0 saturated heterocycles. The standard InChI is InChI=1S/C27H29N5O4/c1-16-15-29-11-10-22(16)30-26(33)19-8-6-18(7-9-19)25-21-14-24(36-5)23(35-4)13-20(21)12-17(2)32(31-25)27(34)28-3/h6-11,13-15,17H,12H2,1-5H3,(H,28,34)(H,29,30,33). The molecule has 1 aliphatic rings. The molecule has 4 rings (SSSR count). The highest BCUT2D eigenvalue weighted by atomic mass is 16.5. The molecule has 9 nitrogen and oxygen atoms in total. The van der Waals surface area contributed by atoms with Crippen LogP contribution in [0.3, 0.4) is 0 Å². The first-order chi connectivity index (χ1) is 17.4. The van der Waals surface area contributed by atoms with Gasteiger partial charge in [-0.05, 0) is 61.7 Å². The lowest BCUT2D eigenvalue weighted by molar-refractivity contribution is 0.102. The zero-order valence-electron chi connectivity index (χ0n) is 21.0. The predicted molar refractivity (Wildman–Crippen MR) is 138 cm³/mol. The number of nitrogens with zero attached hydrogens (tertiary/aromatic N) is 3. The Balaban J connectivity index is 1.75. The maximum Gasteiger partial charge on any atom is 0.337 e. The van der Waals surface area contributed by atoms with E-state index in [9.17, 15) is 9.59 Å². The summed E-state index contributed by atoms with van der Waals surface area (Å²) in [4.78, 5) is 29.5. The lowest BCUT2D eigenvalue weighted by atomic mass is 9.93. The number of amides is 3. The molecule has 0 fully saturated rings. The van der Waals surface area contributed by atoms with Gasteiger partial charge in [-0.1, -0.05) is 12.1 Å². The Morgan fingerprint density at radius 1 is 1.06 bits per heavy atom. The summed E-state index contributed by atoms with van der Waals surface area (Å²) in [5, 5.41) is 11.8. The van der Waals surface area contributed by atoms with Crippen LogP contribution in [0.25, 0.3) is 0 Å². The van der Waals surface area contributed by atoms with Crippen LogP contribution in [0.4, 0.5) is 10.5 Å². The normalized spacial score (nSPS) is 14.8. The monoisotopic (exact) mass is 487 g/mol. The summed E-state index contributed by atoms with van der Waals surface area (Å²) >= 11 is 0. The summed E-state index contributed by atoms with van der Waals surface area (Å²) in [6.45, 7) is 3.83. The molecule has 2 N–H and O–H groups in total. The summed E-state index contributed by atoms with van der Waals surface area (Å²) in [7, 11) is 4.74. The largest absolute Gasteiger partial charge is 0.493 e. The van der Waals surface area contributed by atoms with Crippen molar-refractivity contribution in [3.63, 3.8) is 0 Å². The Labute approximate surface area is 210 Å². The van der Waals surface area contributed by atoms with Crippen molar-refractivity contribution in [2.45, 2.75) is 26.3 Å². The predicted octanol–water partition coefficient (Wildman–Crippen LogP) is 4.00. The molecule has 2 aromatic carbocycles. The van der Waals surface area contributed by atoms with E-state index in [2.05, 4.69) is 15.6 Å². The fourth-order valence-electron chi connectivity index (χ4n) is 4.14. The summed E-state index contributed by atoms with van der Waals surface area (Å²) in [5.41, 5.74) is 5.22. The van der Waals surface area contributed by atoms with Crippen molar-refractivity contribution in [3.8, 4) is 11.5 Å². The molecule has 0 bridgehead atoms. The molecule has 1 aromatic heterocycles. The Hall–Kier alpha value is -4.40. The third-order valence-corrected chi connectivity index (χ3v) is 6.12. The maximum atomic E-state index is 12.8. The van der Waals surface area contributed by atoms with Crippen LogP contribution in [-0.4, -0.2) is 55.0 Å². The number of aryl methyl sites for hydroxylation is 1. The molecule has 1 unspecified atom stereocenters. The molecule has 3 aromatic rings. The summed E-state index contributed by atoms with van der Waals surface area (Å²) in [6, 6.07) is 12.2. The number of anilines is 1. The zero-order valence-corrected chi connectivity index (χ0v) is 21.0. The van der Waals surface area contributed by atoms with Gasteiger partial charge in [-0.15, -0.1) is 0 Å². The van der Waals surface area contributed by atoms with Gasteiger partial charge in [-0.25, -0.2) is 9.80 Å². The minimum absolute atomic E-state index is 0.201. The number of methoxy groups -OCH3 is 2. The lowest BCUT2D eigenvalue weighted by Gasteiger charge is -2.22. The number of carbonyl (C=O) groups is 2. The van der Waals surface area contributed by atoms with E-state index in [0.29, 0.717) is 34.9 Å². The number of fused-ring (bicyclic) bond motifs is 1. The van der Waals surface area contributed by atoms with Gasteiger partial charge in [-0.3, -0.25) is 9.78 Å². The molecule has 36 heavy (non-hydrogen) atoms. The average Bonchev–Trinajstić information content (AvgIpc) is 3.04. The quantitative estimate of drug-likeness (QED) is 0.566. The van der Waals surface area contributed by atoms with E-state index >= 15 is 0 Å². The Kier molecular flexibility index (Phi) is 7.19. The fourth-order valence-corrected chi connectivity index (χ4v) is 4.14. The fraction of sp³-hybridized carbons (Fsp3) is 0.259. The van der Waals surface area contributed by atoms with E-state index in [-0.39, 0.29) is 18.0 Å². The van der Waals surface area contributed by atoms with Crippen molar-refractivity contribution < 1.29 is 19.1 Å². The summed E-state index contributed by atoms with van der Waals surface area (Å²) < 4.78 is 11.0. The van der Waals surface area contributed by atoms with E-state index in [0.717, 1.165) is 22.3 Å². The molecule has 1 aliphatic heterocycles. The van der Waals surface area contributed by atoms with Gasteiger partial charge in [-0.2, -0.15) is 5.10 Å². The number of carbonyl (C=O) groups excluding carboxylic acids is 2. The highest BCUT2D eigenvalue weighted by Gasteiger charge is 2.28. The molecule has 2 heterocycles. The minimum atomic E-state index is -0.310. The number of hydrazone groups is 1. The number of hydrogen-bond donors (Lipinski definition) is 2. The Bertz CT molecular complexity index is 1320. The smallest absolute Gasteiger partial charge is 0.337 e. The third-order valence-electron chi connectivity index (χ3n) is 6.12. The molecule has 9 heteroatoms. The summed E-state index contributed by atoms with van der Waals surface area (Å²) in [6.07, 6.45) is 3.90. The van der Waals surface area contributed by atoms with Crippen LogP contribution in [0.2, 0.25) is 0 Å². The number of hydrogen-bond acceptors (Lipinski definition) is 6. The second-order valence-electron chi connectivity index (χ2n) is 8.49. The number of benzene rings is 2. The van der Waals surface area contributed by atoms with Crippen molar-refractivity contribution in [2.75, 3.05) is 26.6 Å². The van der Waals surface area contributed by atoms with Gasteiger partial charge < -0.3 is 20.1 Å². The van der Waals surface area contributed by atoms with Gasteiger partial charge in [0.25, 0.3) is 5.91 Å². The second-order valence-corrected chi connectivity index (χ2v) is 8.49. The molecular weight excluding hydrogens is 458 g/mol. The molecule has 0 aliphatic carbocycles. The van der Waals surface area contributed by atoms with Crippen LogP contribution < -0.4 is 20.1 Å². The third kappa shape index (κ3) is 4.86. The van der Waals surface area contributed by atoms with Crippen LogP contribution in [0, 0.1) is 6.92 Å². The van der Waals surface area contributed by atoms with Crippen LogP contribution in [0.5, 0.6) is 11.5 Å². The summed E-state index contributed by atoms with van der Waals surface area (Å²) in [5.74, 6) is 0.939. The first kappa shape index (κ1) is 24.7. The van der Waals surface area contributed by atoms with Gasteiger partial charge >= 0.3 is 6.03 Å². The molecule has 0 spiro atoms. The molecule has 1 atom stereocenters. The van der Waals surface area contributed by atoms with Gasteiger partial charge in [0.05, 0.1) is 26.0 Å². The van der Waals surface area contributed by atoms with E-state index < -0.39 is 0 Å². The highest BCUT2D eigenvalue weighted by Crippen LogP contribution is 2.34. The number of rotatable bonds is 5. The van der Waals surface area contributed by atoms with Crippen molar-refractivity contribution in [2.24, 2.45) is 5.10 Å².